The topological polar surface area (TPSA) is 70.4 Å². The summed E-state index contributed by atoms with van der Waals surface area (Å²) in [5, 5.41) is 4.24. The normalized spacial score (nSPS) is 19.2. The fourth-order valence-electron chi connectivity index (χ4n) is 3.48. The average Bonchev–Trinajstić information content (AvgIpc) is 3.06. The summed E-state index contributed by atoms with van der Waals surface area (Å²) in [5.74, 6) is 0.585. The molecule has 0 unspecified atom stereocenters. The maximum Gasteiger partial charge on any atom is 0.373 e. The van der Waals surface area contributed by atoms with Crippen LogP contribution in [0.3, 0.4) is 0 Å². The van der Waals surface area contributed by atoms with Gasteiger partial charge in [0.1, 0.15) is 5.76 Å². The minimum atomic E-state index is -0.443. The zero-order chi connectivity index (χ0) is 19.8. The molecule has 28 heavy (non-hydrogen) atoms. The van der Waals surface area contributed by atoms with Crippen LogP contribution < -0.4 is 5.32 Å². The molecule has 0 spiro atoms. The number of carbonyl (C=O) groups is 1. The minimum absolute atomic E-state index is 0.250. The quantitative estimate of drug-likeness (QED) is 0.541. The Kier molecular flexibility index (Phi) is 8.08. The van der Waals surface area contributed by atoms with Gasteiger partial charge < -0.3 is 24.1 Å². The van der Waals surface area contributed by atoms with E-state index in [2.05, 4.69) is 24.8 Å². The molecular weight excluding hydrogens is 380 g/mol. The van der Waals surface area contributed by atoms with Gasteiger partial charge in [-0.25, -0.2) is 4.79 Å². The second kappa shape index (κ2) is 10.8. The third-order valence-electron chi connectivity index (χ3n) is 5.11. The van der Waals surface area contributed by atoms with Crippen molar-refractivity contribution in [1.82, 2.24) is 20.0 Å². The van der Waals surface area contributed by atoms with Crippen LogP contribution in [-0.2, 0) is 16.0 Å². The largest absolute Gasteiger partial charge is 0.463 e. The number of nitrogens with zero attached hydrogens (tertiary/aromatic N) is 3. The fourth-order valence-corrected chi connectivity index (χ4v) is 3.77. The first-order chi connectivity index (χ1) is 13.7. The predicted octanol–water partition coefficient (Wildman–Crippen LogP) is 0.781. The van der Waals surface area contributed by atoms with Gasteiger partial charge in [0.15, 0.2) is 5.11 Å². The predicted molar refractivity (Wildman–Crippen MR) is 109 cm³/mol. The molecule has 0 bridgehead atoms. The first-order valence-corrected chi connectivity index (χ1v) is 10.3. The van der Waals surface area contributed by atoms with Crippen LogP contribution in [0.4, 0.5) is 0 Å². The maximum absolute atomic E-state index is 11.5. The van der Waals surface area contributed by atoms with Crippen molar-refractivity contribution >= 4 is 23.3 Å². The van der Waals surface area contributed by atoms with Gasteiger partial charge in [-0.05, 0) is 30.8 Å². The number of esters is 1. The van der Waals surface area contributed by atoms with Crippen molar-refractivity contribution in [3.05, 3.63) is 23.7 Å². The van der Waals surface area contributed by atoms with Crippen LogP contribution in [0.15, 0.2) is 16.5 Å². The highest BCUT2D eigenvalue weighted by molar-refractivity contribution is 7.80. The number of hydrogen-bond acceptors (Lipinski definition) is 7. The monoisotopic (exact) mass is 410 g/mol. The van der Waals surface area contributed by atoms with Crippen LogP contribution >= 0.6 is 12.2 Å². The lowest BCUT2D eigenvalue weighted by atomic mass is 10.3. The van der Waals surface area contributed by atoms with E-state index in [9.17, 15) is 4.79 Å². The molecule has 8 nitrogen and oxygen atoms in total. The molecule has 0 amide bonds. The van der Waals surface area contributed by atoms with Gasteiger partial charge in [-0.1, -0.05) is 0 Å². The highest BCUT2D eigenvalue weighted by Gasteiger charge is 2.19. The molecule has 2 aliphatic rings. The van der Waals surface area contributed by atoms with E-state index in [0.29, 0.717) is 6.54 Å². The van der Waals surface area contributed by atoms with Crippen LogP contribution in [0.25, 0.3) is 0 Å². The molecule has 2 fully saturated rings. The van der Waals surface area contributed by atoms with Crippen molar-refractivity contribution in [1.29, 1.82) is 0 Å². The van der Waals surface area contributed by atoms with E-state index in [1.165, 1.54) is 7.11 Å². The van der Waals surface area contributed by atoms with Gasteiger partial charge in [-0.2, -0.15) is 0 Å². The van der Waals surface area contributed by atoms with E-state index in [1.807, 2.05) is 6.07 Å². The smallest absolute Gasteiger partial charge is 0.373 e. The molecule has 0 aromatic carbocycles. The highest BCUT2D eigenvalue weighted by Crippen LogP contribution is 2.13. The Hall–Kier alpha value is -1.68. The summed E-state index contributed by atoms with van der Waals surface area (Å²) in [6.45, 7) is 9.88. The van der Waals surface area contributed by atoms with Crippen LogP contribution in [0.5, 0.6) is 0 Å². The van der Waals surface area contributed by atoms with Crippen LogP contribution in [0, 0.1) is 0 Å². The summed E-state index contributed by atoms with van der Waals surface area (Å²) in [6.07, 6.45) is 1.04. The Balaban J connectivity index is 1.39. The lowest BCUT2D eigenvalue weighted by Crippen LogP contribution is -2.46. The second-order valence-corrected chi connectivity index (χ2v) is 7.45. The number of furan rings is 1. The molecule has 0 atom stereocenters. The zero-order valence-corrected chi connectivity index (χ0v) is 17.3. The molecule has 156 valence electrons. The number of carbonyl (C=O) groups excluding carboxylic acids is 1. The Morgan fingerprint density at radius 1 is 1.14 bits per heavy atom. The number of thiocarbonyl (C=S) groups is 1. The lowest BCUT2D eigenvalue weighted by molar-refractivity contribution is 0.0388. The lowest BCUT2D eigenvalue weighted by Gasteiger charge is -2.28. The van der Waals surface area contributed by atoms with E-state index in [-0.39, 0.29) is 5.76 Å². The summed E-state index contributed by atoms with van der Waals surface area (Å²) in [6, 6.07) is 3.51. The molecule has 0 aliphatic carbocycles. The molecule has 1 N–H and O–H groups in total. The summed E-state index contributed by atoms with van der Waals surface area (Å²) < 4.78 is 15.6. The molecule has 3 heterocycles. The van der Waals surface area contributed by atoms with Gasteiger partial charge >= 0.3 is 5.97 Å². The Morgan fingerprint density at radius 3 is 2.75 bits per heavy atom. The molecule has 9 heteroatoms. The van der Waals surface area contributed by atoms with E-state index in [0.717, 1.165) is 82.9 Å². The average molecular weight is 411 g/mol. The van der Waals surface area contributed by atoms with Crippen molar-refractivity contribution in [3.8, 4) is 0 Å². The van der Waals surface area contributed by atoms with Crippen molar-refractivity contribution < 1.29 is 18.7 Å². The number of ether oxygens (including phenoxy) is 2. The summed E-state index contributed by atoms with van der Waals surface area (Å²) in [7, 11) is 1.35. The summed E-state index contributed by atoms with van der Waals surface area (Å²) in [5.41, 5.74) is 0. The first-order valence-electron chi connectivity index (χ1n) is 9.88. The van der Waals surface area contributed by atoms with Crippen LogP contribution in [0.2, 0.25) is 0 Å². The van der Waals surface area contributed by atoms with E-state index in [4.69, 9.17) is 21.4 Å². The Labute approximate surface area is 171 Å². The van der Waals surface area contributed by atoms with Gasteiger partial charge in [0.2, 0.25) is 5.76 Å². The molecule has 0 radical (unpaired) electrons. The van der Waals surface area contributed by atoms with Crippen LogP contribution in [0.1, 0.15) is 22.7 Å². The number of nitrogens with one attached hydrogen (secondary N) is 1. The van der Waals surface area contributed by atoms with Gasteiger partial charge in [0, 0.05) is 52.4 Å². The Bertz CT molecular complexity index is 648. The number of rotatable bonds is 6. The zero-order valence-electron chi connectivity index (χ0n) is 16.5. The van der Waals surface area contributed by atoms with Gasteiger partial charge in [-0.3, -0.25) is 9.80 Å². The third-order valence-corrected chi connectivity index (χ3v) is 5.51. The second-order valence-electron chi connectivity index (χ2n) is 7.06. The van der Waals surface area contributed by atoms with Crippen molar-refractivity contribution in [2.75, 3.05) is 72.7 Å². The number of hydrogen-bond donors (Lipinski definition) is 1. The van der Waals surface area contributed by atoms with E-state index >= 15 is 0 Å². The molecule has 2 saturated heterocycles. The van der Waals surface area contributed by atoms with E-state index < -0.39 is 5.97 Å². The fraction of sp³-hybridized carbons (Fsp3) is 0.684. The van der Waals surface area contributed by atoms with Gasteiger partial charge in [0.25, 0.3) is 0 Å². The molecular formula is C19H30N4O4S. The van der Waals surface area contributed by atoms with Crippen molar-refractivity contribution in [2.45, 2.75) is 13.0 Å². The molecule has 2 aliphatic heterocycles. The third kappa shape index (κ3) is 6.16. The van der Waals surface area contributed by atoms with Gasteiger partial charge in [0.05, 0.1) is 26.9 Å². The molecule has 1 aromatic heterocycles. The highest BCUT2D eigenvalue weighted by atomic mass is 32.1. The SMILES string of the molecule is COC(=O)c1ccc(CN2CCCN(C(=S)NCCN3CCOCC3)CC2)o1. The van der Waals surface area contributed by atoms with Crippen LogP contribution in [-0.4, -0.2) is 98.5 Å². The van der Waals surface area contributed by atoms with Gasteiger partial charge in [-0.15, -0.1) is 0 Å². The first kappa shape index (κ1) is 21.0. The minimum Gasteiger partial charge on any atom is -0.463 e. The van der Waals surface area contributed by atoms with E-state index in [1.54, 1.807) is 6.07 Å². The number of methoxy groups -OCH3 is 1. The molecule has 1 aromatic rings. The summed E-state index contributed by atoms with van der Waals surface area (Å²) >= 11 is 5.60. The Morgan fingerprint density at radius 2 is 1.96 bits per heavy atom. The van der Waals surface area contributed by atoms with Crippen molar-refractivity contribution in [2.24, 2.45) is 0 Å². The summed E-state index contributed by atoms with van der Waals surface area (Å²) in [4.78, 5) is 18.5. The molecule has 0 saturated carbocycles. The molecule has 3 rings (SSSR count). The standard InChI is InChI=1S/C19H30N4O4S/c1-25-18(24)17-4-3-16(27-17)15-22-6-2-7-23(10-9-22)19(28)20-5-8-21-11-13-26-14-12-21/h3-4H,2,5-15H2,1H3,(H,20,28). The van der Waals surface area contributed by atoms with Crippen molar-refractivity contribution in [3.63, 3.8) is 0 Å². The number of morpholine rings is 1. The maximum atomic E-state index is 11.5.